The molecule has 1 atom stereocenters. The number of nitrogens with zero attached hydrogens (tertiary/aromatic N) is 1. The fraction of sp³-hybridized carbons (Fsp3) is 0.364. The molecule has 0 saturated carbocycles. The van der Waals surface area contributed by atoms with Crippen LogP contribution in [0.15, 0.2) is 12.1 Å². The lowest BCUT2D eigenvalue weighted by Gasteiger charge is -2.08. The minimum Gasteiger partial charge on any atom is -0.294 e. The molecule has 1 unspecified atom stereocenters. The zero-order valence-electron chi connectivity index (χ0n) is 9.19. The van der Waals surface area contributed by atoms with Crippen LogP contribution >= 0.6 is 11.8 Å². The Balaban J connectivity index is 2.44. The second-order valence-corrected chi connectivity index (χ2v) is 5.12. The van der Waals surface area contributed by atoms with Crippen LogP contribution in [0, 0.1) is 27.7 Å². The Morgan fingerprint density at radius 1 is 1.39 bits per heavy atom. The molecule has 0 aromatic heterocycles. The molecule has 1 aromatic rings. The Hall–Kier alpha value is -1.50. The molecular weight excluding hydrogens is 264 g/mol. The molecule has 0 amide bonds. The summed E-state index contributed by atoms with van der Waals surface area (Å²) in [6.45, 7) is 0. The van der Waals surface area contributed by atoms with Crippen molar-refractivity contribution in [2.24, 2.45) is 5.92 Å². The highest BCUT2D eigenvalue weighted by molar-refractivity contribution is 7.99. The zero-order chi connectivity index (χ0) is 13.3. The van der Waals surface area contributed by atoms with E-state index in [2.05, 4.69) is 0 Å². The fourth-order valence-electron chi connectivity index (χ4n) is 1.85. The van der Waals surface area contributed by atoms with E-state index in [1.807, 2.05) is 0 Å². The summed E-state index contributed by atoms with van der Waals surface area (Å²) in [6, 6.07) is 1.09. The molecule has 0 spiro atoms. The second-order valence-electron chi connectivity index (χ2n) is 3.97. The lowest BCUT2D eigenvalue weighted by atomic mass is 9.96. The largest absolute Gasteiger partial charge is 0.294 e. The number of benzene rings is 1. The normalized spacial score (nSPS) is 18.9. The SMILES string of the molecule is O=C(c1cc(F)c(F)cc1[N+](=O)[O-])C1CCSC1. The molecule has 1 saturated heterocycles. The summed E-state index contributed by atoms with van der Waals surface area (Å²) in [7, 11) is 0. The molecule has 18 heavy (non-hydrogen) atoms. The van der Waals surface area contributed by atoms with E-state index in [1.165, 1.54) is 0 Å². The third kappa shape index (κ3) is 2.35. The van der Waals surface area contributed by atoms with Gasteiger partial charge in [0.25, 0.3) is 5.69 Å². The number of Topliss-reactive ketones (excluding diaryl/α,β-unsaturated/α-hetero) is 1. The quantitative estimate of drug-likeness (QED) is 0.482. The van der Waals surface area contributed by atoms with Gasteiger partial charge in [-0.3, -0.25) is 14.9 Å². The van der Waals surface area contributed by atoms with Crippen molar-refractivity contribution in [1.82, 2.24) is 0 Å². The highest BCUT2D eigenvalue weighted by Gasteiger charge is 2.31. The molecule has 1 fully saturated rings. The van der Waals surface area contributed by atoms with Crippen molar-refractivity contribution in [3.8, 4) is 0 Å². The average molecular weight is 273 g/mol. The van der Waals surface area contributed by atoms with Crippen LogP contribution < -0.4 is 0 Å². The zero-order valence-corrected chi connectivity index (χ0v) is 10.0. The van der Waals surface area contributed by atoms with Crippen LogP contribution in [0.5, 0.6) is 0 Å². The van der Waals surface area contributed by atoms with E-state index < -0.39 is 28.0 Å². The van der Waals surface area contributed by atoms with Crippen LogP contribution in [0.2, 0.25) is 0 Å². The smallest absolute Gasteiger partial charge is 0.283 e. The van der Waals surface area contributed by atoms with Crippen molar-refractivity contribution < 1.29 is 18.5 Å². The van der Waals surface area contributed by atoms with Gasteiger partial charge in [0.1, 0.15) is 0 Å². The fourth-order valence-corrected chi connectivity index (χ4v) is 3.07. The monoisotopic (exact) mass is 273 g/mol. The maximum atomic E-state index is 13.1. The molecular formula is C11H9F2NO3S. The van der Waals surface area contributed by atoms with Gasteiger partial charge in [-0.15, -0.1) is 0 Å². The topological polar surface area (TPSA) is 60.2 Å². The van der Waals surface area contributed by atoms with Gasteiger partial charge in [0.15, 0.2) is 17.4 Å². The number of hydrogen-bond acceptors (Lipinski definition) is 4. The van der Waals surface area contributed by atoms with Gasteiger partial charge in [0.05, 0.1) is 16.6 Å². The van der Waals surface area contributed by atoms with Crippen molar-refractivity contribution >= 4 is 23.2 Å². The van der Waals surface area contributed by atoms with Gasteiger partial charge < -0.3 is 0 Å². The van der Waals surface area contributed by atoms with Gasteiger partial charge in [-0.25, -0.2) is 8.78 Å². The summed E-state index contributed by atoms with van der Waals surface area (Å²) in [5.74, 6) is -2.03. The lowest BCUT2D eigenvalue weighted by Crippen LogP contribution is -2.16. The van der Waals surface area contributed by atoms with Crippen molar-refractivity contribution in [2.45, 2.75) is 6.42 Å². The van der Waals surface area contributed by atoms with Gasteiger partial charge >= 0.3 is 0 Å². The third-order valence-electron chi connectivity index (χ3n) is 2.80. The van der Waals surface area contributed by atoms with Crippen LogP contribution in [0.25, 0.3) is 0 Å². The molecule has 7 heteroatoms. The number of carbonyl (C=O) groups excluding carboxylic acids is 1. The van der Waals surface area contributed by atoms with Gasteiger partial charge in [-0.1, -0.05) is 0 Å². The number of nitro groups is 1. The number of rotatable bonds is 3. The number of nitro benzene ring substituents is 1. The van der Waals surface area contributed by atoms with Crippen molar-refractivity contribution in [1.29, 1.82) is 0 Å². The molecule has 0 bridgehead atoms. The molecule has 1 aromatic carbocycles. The highest BCUT2D eigenvalue weighted by Crippen LogP contribution is 2.31. The first-order valence-electron chi connectivity index (χ1n) is 5.26. The van der Waals surface area contributed by atoms with E-state index in [4.69, 9.17) is 0 Å². The predicted molar refractivity (Wildman–Crippen MR) is 62.8 cm³/mol. The van der Waals surface area contributed by atoms with Crippen molar-refractivity contribution in [3.05, 3.63) is 39.4 Å². The van der Waals surface area contributed by atoms with Gasteiger partial charge in [-0.05, 0) is 18.2 Å². The van der Waals surface area contributed by atoms with Crippen LogP contribution in [0.1, 0.15) is 16.8 Å². The number of ketones is 1. The summed E-state index contributed by atoms with van der Waals surface area (Å²) < 4.78 is 26.1. The number of carbonyl (C=O) groups is 1. The van der Waals surface area contributed by atoms with Crippen molar-refractivity contribution in [2.75, 3.05) is 11.5 Å². The summed E-state index contributed by atoms with van der Waals surface area (Å²) >= 11 is 1.57. The molecule has 0 N–H and O–H groups in total. The first-order chi connectivity index (χ1) is 8.50. The van der Waals surface area contributed by atoms with E-state index in [1.54, 1.807) is 11.8 Å². The molecule has 0 radical (unpaired) electrons. The summed E-state index contributed by atoms with van der Waals surface area (Å²) in [5, 5.41) is 10.8. The Morgan fingerprint density at radius 3 is 2.61 bits per heavy atom. The summed E-state index contributed by atoms with van der Waals surface area (Å²) in [5.41, 5.74) is -1.01. The van der Waals surface area contributed by atoms with Crippen LogP contribution in [0.4, 0.5) is 14.5 Å². The van der Waals surface area contributed by atoms with Crippen molar-refractivity contribution in [3.63, 3.8) is 0 Å². The number of thioether (sulfide) groups is 1. The van der Waals surface area contributed by atoms with E-state index >= 15 is 0 Å². The Bertz CT molecular complexity index is 515. The van der Waals surface area contributed by atoms with E-state index in [-0.39, 0.29) is 11.5 Å². The van der Waals surface area contributed by atoms with E-state index in [9.17, 15) is 23.7 Å². The predicted octanol–water partition coefficient (Wildman–Crippen LogP) is 2.81. The lowest BCUT2D eigenvalue weighted by molar-refractivity contribution is -0.385. The van der Waals surface area contributed by atoms with Crippen LogP contribution in [-0.4, -0.2) is 22.2 Å². The van der Waals surface area contributed by atoms with Gasteiger partial charge in [0.2, 0.25) is 0 Å². The summed E-state index contributed by atoms with van der Waals surface area (Å²) in [6.07, 6.45) is 0.611. The first-order valence-corrected chi connectivity index (χ1v) is 6.41. The van der Waals surface area contributed by atoms with E-state index in [0.717, 1.165) is 5.75 Å². The highest BCUT2D eigenvalue weighted by atomic mass is 32.2. The number of halogens is 2. The molecule has 0 aliphatic carbocycles. The molecule has 4 nitrogen and oxygen atoms in total. The maximum absolute atomic E-state index is 13.1. The molecule has 96 valence electrons. The van der Waals surface area contributed by atoms with E-state index in [0.29, 0.717) is 24.3 Å². The molecule has 1 aliphatic rings. The maximum Gasteiger partial charge on any atom is 0.283 e. The summed E-state index contributed by atoms with van der Waals surface area (Å²) in [4.78, 5) is 21.9. The first kappa shape index (κ1) is 12.9. The molecule has 2 rings (SSSR count). The molecule has 1 aliphatic heterocycles. The Kier molecular flexibility index (Phi) is 3.60. The average Bonchev–Trinajstić information content (AvgIpc) is 2.84. The second kappa shape index (κ2) is 5.01. The minimum absolute atomic E-state index is 0.341. The van der Waals surface area contributed by atoms with Gasteiger partial charge in [-0.2, -0.15) is 11.8 Å². The minimum atomic E-state index is -1.32. The van der Waals surface area contributed by atoms with Crippen LogP contribution in [0.3, 0.4) is 0 Å². The van der Waals surface area contributed by atoms with Gasteiger partial charge in [0, 0.05) is 11.7 Å². The number of hydrogen-bond donors (Lipinski definition) is 0. The third-order valence-corrected chi connectivity index (χ3v) is 3.96. The Labute approximate surface area is 106 Å². The molecule has 1 heterocycles. The Morgan fingerprint density at radius 2 is 2.06 bits per heavy atom. The standard InChI is InChI=1S/C11H9F2NO3S/c12-8-3-7(10(14(16)17)4-9(8)13)11(15)6-1-2-18-5-6/h3-4,6H,1-2,5H2. The van der Waals surface area contributed by atoms with Crippen LogP contribution in [-0.2, 0) is 0 Å².